The van der Waals surface area contributed by atoms with Gasteiger partial charge in [0.2, 0.25) is 5.91 Å². The first-order valence-corrected chi connectivity index (χ1v) is 9.63. The molecule has 2 bridgehead atoms. The molecule has 132 valence electrons. The first-order chi connectivity index (χ1) is 11.4. The van der Waals surface area contributed by atoms with Crippen LogP contribution in [0, 0.1) is 5.92 Å². The highest BCUT2D eigenvalue weighted by atomic mass is 32.2. The molecule has 0 spiro atoms. The predicted molar refractivity (Wildman–Crippen MR) is 90.3 cm³/mol. The summed E-state index contributed by atoms with van der Waals surface area (Å²) in [6, 6.07) is 3.68. The minimum Gasteiger partial charge on any atom is -0.338 e. The van der Waals surface area contributed by atoms with Crippen LogP contribution in [0.4, 0.5) is 0 Å². The van der Waals surface area contributed by atoms with Gasteiger partial charge in [0.15, 0.2) is 0 Å². The topological polar surface area (TPSA) is 73.8 Å². The molecule has 4 heterocycles. The molecule has 4 rings (SSSR count). The van der Waals surface area contributed by atoms with Gasteiger partial charge in [-0.1, -0.05) is 6.07 Å². The van der Waals surface area contributed by atoms with E-state index in [9.17, 15) is 13.2 Å². The van der Waals surface area contributed by atoms with Crippen LogP contribution in [0.1, 0.15) is 18.4 Å². The van der Waals surface area contributed by atoms with Crippen molar-refractivity contribution in [3.8, 4) is 0 Å². The Hall–Kier alpha value is -1.51. The predicted octanol–water partition coefficient (Wildman–Crippen LogP) is 0.353. The lowest BCUT2D eigenvalue weighted by Crippen LogP contribution is -2.49. The Labute approximate surface area is 143 Å². The number of aromatic nitrogens is 1. The standard InChI is InChI=1S/C16H24N4O3S/c1-18(2)24(22,23)19-10-14-5-6-15(12-19)20(11-14)16(21)8-13-4-3-7-17-9-13/h3-4,7,9,14-15H,5-6,8,10-12H2,1-2H3/t14-,15+/m1/s1. The Balaban J connectivity index is 1.75. The zero-order valence-corrected chi connectivity index (χ0v) is 14.9. The van der Waals surface area contributed by atoms with Crippen LogP contribution in [0.3, 0.4) is 0 Å². The molecule has 1 aromatic rings. The summed E-state index contributed by atoms with van der Waals surface area (Å²) < 4.78 is 27.7. The smallest absolute Gasteiger partial charge is 0.281 e. The number of carbonyl (C=O) groups excluding carboxylic acids is 1. The Bertz CT molecular complexity index is 693. The number of carbonyl (C=O) groups is 1. The summed E-state index contributed by atoms with van der Waals surface area (Å²) in [6.07, 6.45) is 5.55. The Morgan fingerprint density at radius 1 is 1.29 bits per heavy atom. The number of nitrogens with zero attached hydrogens (tertiary/aromatic N) is 4. The molecule has 8 heteroatoms. The van der Waals surface area contributed by atoms with Gasteiger partial charge in [0, 0.05) is 52.2 Å². The first-order valence-electron chi connectivity index (χ1n) is 8.24. The molecule has 0 radical (unpaired) electrons. The highest BCUT2D eigenvalue weighted by molar-refractivity contribution is 7.86. The van der Waals surface area contributed by atoms with Crippen molar-refractivity contribution in [2.45, 2.75) is 25.3 Å². The maximum absolute atomic E-state index is 12.7. The second-order valence-electron chi connectivity index (χ2n) is 6.79. The lowest BCUT2D eigenvalue weighted by atomic mass is 9.94. The van der Waals surface area contributed by atoms with Crippen molar-refractivity contribution < 1.29 is 13.2 Å². The molecule has 24 heavy (non-hydrogen) atoms. The molecular formula is C16H24N4O3S. The molecule has 0 aliphatic carbocycles. The SMILES string of the molecule is CN(C)S(=O)(=O)N1C[C@H]2CC[C@@H](C1)N(C(=O)Cc1cccnc1)C2. The Morgan fingerprint density at radius 2 is 2.08 bits per heavy atom. The van der Waals surface area contributed by atoms with Crippen LogP contribution in [0.2, 0.25) is 0 Å². The normalized spacial score (nSPS) is 25.0. The van der Waals surface area contributed by atoms with E-state index in [1.54, 1.807) is 26.5 Å². The highest BCUT2D eigenvalue weighted by Gasteiger charge is 2.41. The van der Waals surface area contributed by atoms with E-state index in [2.05, 4.69) is 4.98 Å². The summed E-state index contributed by atoms with van der Waals surface area (Å²) in [7, 11) is -0.340. The highest BCUT2D eigenvalue weighted by Crippen LogP contribution is 2.30. The summed E-state index contributed by atoms with van der Waals surface area (Å²) >= 11 is 0. The summed E-state index contributed by atoms with van der Waals surface area (Å²) in [6.45, 7) is 1.52. The monoisotopic (exact) mass is 352 g/mol. The van der Waals surface area contributed by atoms with E-state index in [1.807, 2.05) is 17.0 Å². The number of piperidine rings is 1. The lowest BCUT2D eigenvalue weighted by Gasteiger charge is -2.36. The largest absolute Gasteiger partial charge is 0.338 e. The van der Waals surface area contributed by atoms with Crippen LogP contribution < -0.4 is 0 Å². The van der Waals surface area contributed by atoms with E-state index in [-0.39, 0.29) is 17.9 Å². The molecular weight excluding hydrogens is 328 g/mol. The second kappa shape index (κ2) is 6.78. The fraction of sp³-hybridized carbons (Fsp3) is 0.625. The summed E-state index contributed by atoms with van der Waals surface area (Å²) in [5.41, 5.74) is 0.889. The third-order valence-corrected chi connectivity index (χ3v) is 6.74. The molecule has 3 saturated heterocycles. The number of pyridine rings is 1. The van der Waals surface area contributed by atoms with E-state index in [1.165, 1.54) is 8.61 Å². The Morgan fingerprint density at radius 3 is 2.75 bits per heavy atom. The van der Waals surface area contributed by atoms with Crippen LogP contribution in [0.5, 0.6) is 0 Å². The molecule has 1 aromatic heterocycles. The number of hydrogen-bond acceptors (Lipinski definition) is 4. The fourth-order valence-electron chi connectivity index (χ4n) is 3.54. The molecule has 3 fully saturated rings. The first kappa shape index (κ1) is 17.3. The number of rotatable bonds is 4. The summed E-state index contributed by atoms with van der Waals surface area (Å²) in [4.78, 5) is 18.7. The van der Waals surface area contributed by atoms with Crippen LogP contribution >= 0.6 is 0 Å². The van der Waals surface area contributed by atoms with Crippen LogP contribution in [-0.2, 0) is 21.4 Å². The summed E-state index contributed by atoms with van der Waals surface area (Å²) in [5.74, 6) is 0.262. The number of fused-ring (bicyclic) bond motifs is 4. The van der Waals surface area contributed by atoms with Gasteiger partial charge in [-0.2, -0.15) is 17.0 Å². The van der Waals surface area contributed by atoms with Gasteiger partial charge in [-0.15, -0.1) is 0 Å². The second-order valence-corrected chi connectivity index (χ2v) is 8.93. The molecule has 0 saturated carbocycles. The Kier molecular flexibility index (Phi) is 4.89. The van der Waals surface area contributed by atoms with Crippen molar-refractivity contribution in [3.63, 3.8) is 0 Å². The fourth-order valence-corrected chi connectivity index (χ4v) is 4.76. The molecule has 0 unspecified atom stereocenters. The van der Waals surface area contributed by atoms with Gasteiger partial charge in [0.25, 0.3) is 10.2 Å². The van der Waals surface area contributed by atoms with Crippen molar-refractivity contribution in [1.29, 1.82) is 0 Å². The van der Waals surface area contributed by atoms with Gasteiger partial charge >= 0.3 is 0 Å². The average molecular weight is 352 g/mol. The van der Waals surface area contributed by atoms with E-state index >= 15 is 0 Å². The van der Waals surface area contributed by atoms with Crippen LogP contribution in [0.15, 0.2) is 24.5 Å². The van der Waals surface area contributed by atoms with Gasteiger partial charge < -0.3 is 4.90 Å². The van der Waals surface area contributed by atoms with E-state index in [0.717, 1.165) is 18.4 Å². The zero-order chi connectivity index (χ0) is 17.3. The van der Waals surface area contributed by atoms with Crippen molar-refractivity contribution in [1.82, 2.24) is 18.5 Å². The van der Waals surface area contributed by atoms with Gasteiger partial charge in [0.1, 0.15) is 0 Å². The van der Waals surface area contributed by atoms with Crippen LogP contribution in [-0.4, -0.2) is 72.6 Å². The molecule has 3 aliphatic heterocycles. The quantitative estimate of drug-likeness (QED) is 0.784. The van der Waals surface area contributed by atoms with Crippen molar-refractivity contribution >= 4 is 16.1 Å². The maximum atomic E-state index is 12.7. The molecule has 2 atom stereocenters. The van der Waals surface area contributed by atoms with E-state index in [4.69, 9.17) is 0 Å². The van der Waals surface area contributed by atoms with Gasteiger partial charge in [0.05, 0.1) is 6.42 Å². The molecule has 0 N–H and O–H groups in total. The molecule has 0 aromatic carbocycles. The molecule has 7 nitrogen and oxygen atoms in total. The third kappa shape index (κ3) is 3.45. The minimum atomic E-state index is -3.44. The van der Waals surface area contributed by atoms with Gasteiger partial charge in [-0.3, -0.25) is 9.78 Å². The number of hydrogen-bond donors (Lipinski definition) is 0. The van der Waals surface area contributed by atoms with Gasteiger partial charge in [-0.25, -0.2) is 0 Å². The average Bonchev–Trinajstić information content (AvgIpc) is 2.88. The van der Waals surface area contributed by atoms with E-state index in [0.29, 0.717) is 26.1 Å². The van der Waals surface area contributed by atoms with E-state index < -0.39 is 10.2 Å². The minimum absolute atomic E-state index is 0.0392. The maximum Gasteiger partial charge on any atom is 0.281 e. The van der Waals surface area contributed by atoms with Gasteiger partial charge in [-0.05, 0) is 30.4 Å². The van der Waals surface area contributed by atoms with Crippen molar-refractivity contribution in [2.24, 2.45) is 5.92 Å². The lowest BCUT2D eigenvalue weighted by molar-refractivity contribution is -0.134. The third-order valence-electron chi connectivity index (χ3n) is 4.87. The van der Waals surface area contributed by atoms with Crippen LogP contribution in [0.25, 0.3) is 0 Å². The summed E-state index contributed by atoms with van der Waals surface area (Å²) in [5, 5.41) is 0. The molecule has 1 amide bonds. The molecule has 3 aliphatic rings. The van der Waals surface area contributed by atoms with Crippen molar-refractivity contribution in [2.75, 3.05) is 33.7 Å². The number of amides is 1. The zero-order valence-electron chi connectivity index (χ0n) is 14.1. The van der Waals surface area contributed by atoms with Crippen molar-refractivity contribution in [3.05, 3.63) is 30.1 Å².